The van der Waals surface area contributed by atoms with E-state index in [4.69, 9.17) is 4.74 Å². The lowest BCUT2D eigenvalue weighted by Gasteiger charge is -2.27. The fraction of sp³-hybridized carbons (Fsp3) is 0.417. The van der Waals surface area contributed by atoms with E-state index in [1.165, 1.54) is 10.4 Å². The Labute approximate surface area is 195 Å². The van der Waals surface area contributed by atoms with Crippen LogP contribution in [0, 0.1) is 0 Å². The monoisotopic (exact) mass is 470 g/mol. The lowest BCUT2D eigenvalue weighted by atomic mass is 10.2. The summed E-state index contributed by atoms with van der Waals surface area (Å²) in [6.45, 7) is 5.98. The van der Waals surface area contributed by atoms with E-state index < -0.39 is 10.0 Å². The molecule has 0 saturated carbocycles. The molecule has 0 unspecified atom stereocenters. The average molecular weight is 471 g/mol. The second-order valence-electron chi connectivity index (χ2n) is 8.27. The Morgan fingerprint density at radius 2 is 1.79 bits per heavy atom. The molecule has 0 aromatic heterocycles. The van der Waals surface area contributed by atoms with Crippen molar-refractivity contribution in [2.45, 2.75) is 44.4 Å². The van der Waals surface area contributed by atoms with Crippen LogP contribution in [-0.2, 0) is 10.0 Å². The number of piperidine rings is 1. The molecule has 2 aromatic rings. The van der Waals surface area contributed by atoms with Crippen LogP contribution in [-0.4, -0.2) is 50.6 Å². The van der Waals surface area contributed by atoms with E-state index >= 15 is 0 Å². The predicted octanol–water partition coefficient (Wildman–Crippen LogP) is 4.10. The zero-order valence-electron chi connectivity index (χ0n) is 19.1. The largest absolute Gasteiger partial charge is 0.492 e. The fourth-order valence-corrected chi connectivity index (χ4v) is 5.73. The van der Waals surface area contributed by atoms with Crippen molar-refractivity contribution in [1.82, 2.24) is 4.31 Å². The van der Waals surface area contributed by atoms with E-state index in [0.717, 1.165) is 43.6 Å². The van der Waals surface area contributed by atoms with Crippen LogP contribution in [0.1, 0.15) is 49.9 Å². The molecule has 2 aliphatic heterocycles. The Kier molecular flexibility index (Phi) is 6.99. The van der Waals surface area contributed by atoms with Crippen LogP contribution in [0.4, 0.5) is 11.4 Å². The molecule has 0 atom stereocenters. The molecule has 8 nitrogen and oxygen atoms in total. The van der Waals surface area contributed by atoms with Crippen molar-refractivity contribution in [1.29, 1.82) is 0 Å². The molecule has 2 aliphatic rings. The maximum Gasteiger partial charge on any atom is 0.255 e. The first kappa shape index (κ1) is 23.3. The van der Waals surface area contributed by atoms with Crippen molar-refractivity contribution in [2.75, 3.05) is 36.6 Å². The summed E-state index contributed by atoms with van der Waals surface area (Å²) in [5.41, 5.74) is 2.90. The number of ether oxygens (including phenoxy) is 1. The molecule has 2 heterocycles. The number of carbonyl (C=O) groups excluding carboxylic acids is 1. The van der Waals surface area contributed by atoms with Crippen LogP contribution < -0.4 is 15.1 Å². The van der Waals surface area contributed by atoms with Gasteiger partial charge in [0.1, 0.15) is 10.6 Å². The minimum Gasteiger partial charge on any atom is -0.492 e. The number of rotatable bonds is 7. The average Bonchev–Trinajstić information content (AvgIpc) is 3.27. The molecule has 4 rings (SSSR count). The lowest BCUT2D eigenvalue weighted by molar-refractivity contribution is 0.102. The van der Waals surface area contributed by atoms with Crippen LogP contribution in [0.15, 0.2) is 52.5 Å². The van der Waals surface area contributed by atoms with Crippen molar-refractivity contribution in [3.05, 3.63) is 48.0 Å². The molecule has 0 spiro atoms. The Bertz CT molecular complexity index is 1140. The van der Waals surface area contributed by atoms with Gasteiger partial charge in [-0.2, -0.15) is 9.41 Å². The number of amides is 1. The van der Waals surface area contributed by atoms with Crippen molar-refractivity contribution < 1.29 is 17.9 Å². The van der Waals surface area contributed by atoms with Crippen molar-refractivity contribution in [2.24, 2.45) is 5.10 Å². The Morgan fingerprint density at radius 1 is 1.06 bits per heavy atom. The van der Waals surface area contributed by atoms with Crippen LogP contribution in [0.2, 0.25) is 0 Å². The van der Waals surface area contributed by atoms with Crippen LogP contribution >= 0.6 is 0 Å². The van der Waals surface area contributed by atoms with Gasteiger partial charge in [0.25, 0.3) is 5.91 Å². The van der Waals surface area contributed by atoms with E-state index in [1.807, 2.05) is 31.0 Å². The number of hydrazone groups is 1. The summed E-state index contributed by atoms with van der Waals surface area (Å²) >= 11 is 0. The maximum atomic E-state index is 13.3. The van der Waals surface area contributed by atoms with Gasteiger partial charge in [0.15, 0.2) is 0 Å². The SMILES string of the molecule is CCOc1ccc(NC(=O)c2ccc(N3CCC(C)=N3)cc2)cc1S(=O)(=O)N1CCCCC1. The van der Waals surface area contributed by atoms with Crippen LogP contribution in [0.5, 0.6) is 5.75 Å². The second-order valence-corrected chi connectivity index (χ2v) is 10.2. The Morgan fingerprint density at radius 3 is 2.42 bits per heavy atom. The first-order chi connectivity index (χ1) is 15.9. The highest BCUT2D eigenvalue weighted by Gasteiger charge is 2.29. The van der Waals surface area contributed by atoms with Gasteiger partial charge in [-0.05, 0) is 69.2 Å². The summed E-state index contributed by atoms with van der Waals surface area (Å²) in [4.78, 5) is 12.9. The van der Waals surface area contributed by atoms with Gasteiger partial charge in [0, 0.05) is 43.0 Å². The third kappa shape index (κ3) is 5.20. The van der Waals surface area contributed by atoms with E-state index in [-0.39, 0.29) is 10.8 Å². The number of hydrogen-bond donors (Lipinski definition) is 1. The molecule has 176 valence electrons. The standard InChI is InChI=1S/C24H30N4O4S/c1-3-32-22-12-9-20(17-23(22)33(30,31)27-14-5-4-6-15-27)25-24(29)19-7-10-21(11-8-19)28-16-13-18(2)26-28/h7-12,17H,3-6,13-16H2,1-2H3,(H,25,29). The number of carbonyl (C=O) groups is 1. The highest BCUT2D eigenvalue weighted by Crippen LogP contribution is 2.31. The molecule has 9 heteroatoms. The molecule has 1 saturated heterocycles. The summed E-state index contributed by atoms with van der Waals surface area (Å²) in [7, 11) is -3.72. The van der Waals surface area contributed by atoms with Gasteiger partial charge >= 0.3 is 0 Å². The van der Waals surface area contributed by atoms with E-state index in [2.05, 4.69) is 10.4 Å². The molecule has 1 N–H and O–H groups in total. The minimum atomic E-state index is -3.72. The quantitative estimate of drug-likeness (QED) is 0.658. The highest BCUT2D eigenvalue weighted by atomic mass is 32.2. The Balaban J connectivity index is 1.54. The van der Waals surface area contributed by atoms with E-state index in [9.17, 15) is 13.2 Å². The number of hydrogen-bond acceptors (Lipinski definition) is 6. The smallest absolute Gasteiger partial charge is 0.255 e. The van der Waals surface area contributed by atoms with Gasteiger partial charge in [0.05, 0.1) is 12.3 Å². The van der Waals surface area contributed by atoms with Crippen molar-refractivity contribution in [3.63, 3.8) is 0 Å². The predicted molar refractivity (Wildman–Crippen MR) is 130 cm³/mol. The third-order valence-electron chi connectivity index (χ3n) is 5.84. The molecule has 0 radical (unpaired) electrons. The summed E-state index contributed by atoms with van der Waals surface area (Å²) in [5, 5.41) is 9.21. The van der Waals surface area contributed by atoms with E-state index in [0.29, 0.717) is 36.7 Å². The second kappa shape index (κ2) is 9.93. The number of sulfonamides is 1. The number of nitrogens with zero attached hydrogens (tertiary/aromatic N) is 3. The van der Waals surface area contributed by atoms with Crippen LogP contribution in [0.25, 0.3) is 0 Å². The van der Waals surface area contributed by atoms with Crippen molar-refractivity contribution >= 4 is 33.0 Å². The molecular weight excluding hydrogens is 440 g/mol. The third-order valence-corrected chi connectivity index (χ3v) is 7.76. The zero-order chi connectivity index (χ0) is 23.4. The van der Waals surface area contributed by atoms with Gasteiger partial charge in [-0.25, -0.2) is 8.42 Å². The normalized spacial score (nSPS) is 17.0. The lowest BCUT2D eigenvalue weighted by Crippen LogP contribution is -2.35. The maximum absolute atomic E-state index is 13.3. The van der Waals surface area contributed by atoms with Gasteiger partial charge in [-0.1, -0.05) is 6.42 Å². The summed E-state index contributed by atoms with van der Waals surface area (Å²) in [6, 6.07) is 12.0. The molecule has 33 heavy (non-hydrogen) atoms. The molecule has 1 amide bonds. The summed E-state index contributed by atoms with van der Waals surface area (Å²) in [5.74, 6) is -0.0139. The summed E-state index contributed by atoms with van der Waals surface area (Å²) < 4.78 is 33.7. The molecular formula is C24H30N4O4S. The molecule has 2 aromatic carbocycles. The van der Waals surface area contributed by atoms with Gasteiger partial charge in [0.2, 0.25) is 10.0 Å². The topological polar surface area (TPSA) is 91.3 Å². The van der Waals surface area contributed by atoms with Gasteiger partial charge < -0.3 is 10.1 Å². The number of benzene rings is 2. The fourth-order valence-electron chi connectivity index (χ4n) is 4.06. The Hall–Kier alpha value is -2.91. The number of anilines is 2. The first-order valence-corrected chi connectivity index (χ1v) is 12.8. The highest BCUT2D eigenvalue weighted by molar-refractivity contribution is 7.89. The van der Waals surface area contributed by atoms with Crippen molar-refractivity contribution in [3.8, 4) is 5.75 Å². The molecule has 0 aliphatic carbocycles. The zero-order valence-corrected chi connectivity index (χ0v) is 19.9. The van der Waals surface area contributed by atoms with Gasteiger partial charge in [-0.15, -0.1) is 0 Å². The summed E-state index contributed by atoms with van der Waals surface area (Å²) in [6.07, 6.45) is 3.65. The van der Waals surface area contributed by atoms with Crippen LogP contribution in [0.3, 0.4) is 0 Å². The number of nitrogens with one attached hydrogen (secondary N) is 1. The minimum absolute atomic E-state index is 0.0849. The molecule has 0 bridgehead atoms. The molecule has 1 fully saturated rings. The van der Waals surface area contributed by atoms with E-state index in [1.54, 1.807) is 24.3 Å². The first-order valence-electron chi connectivity index (χ1n) is 11.4. The van der Waals surface area contributed by atoms with Gasteiger partial charge in [-0.3, -0.25) is 9.80 Å².